The Hall–Kier alpha value is -2.46. The van der Waals surface area contributed by atoms with E-state index in [2.05, 4.69) is 12.2 Å². The van der Waals surface area contributed by atoms with Crippen molar-refractivity contribution in [3.05, 3.63) is 65.2 Å². The largest absolute Gasteiger partial charge is 0.327 e. The maximum absolute atomic E-state index is 12.5. The highest BCUT2D eigenvalue weighted by Gasteiger charge is 2.29. The topological polar surface area (TPSA) is 50.6 Å². The van der Waals surface area contributed by atoms with Crippen LogP contribution in [0.25, 0.3) is 0 Å². The van der Waals surface area contributed by atoms with Crippen molar-refractivity contribution in [3.63, 3.8) is 0 Å². The molecule has 1 aliphatic rings. The van der Waals surface area contributed by atoms with E-state index in [9.17, 15) is 9.59 Å². The zero-order valence-electron chi connectivity index (χ0n) is 15.5. The van der Waals surface area contributed by atoms with Gasteiger partial charge in [-0.25, -0.2) is 0 Å². The summed E-state index contributed by atoms with van der Waals surface area (Å²) in [4.78, 5) is 26.1. The van der Waals surface area contributed by atoms with Crippen LogP contribution in [0.2, 0.25) is 0 Å². The number of hydrogen-bond acceptors (Lipinski definition) is 2. The number of quaternary nitrogens is 1. The second kappa shape index (κ2) is 8.28. The van der Waals surface area contributed by atoms with Gasteiger partial charge in [0.05, 0.1) is 13.1 Å². The number of nitrogens with one attached hydrogen (secondary N) is 2. The fourth-order valence-corrected chi connectivity index (χ4v) is 3.55. The first-order valence-corrected chi connectivity index (χ1v) is 9.33. The summed E-state index contributed by atoms with van der Waals surface area (Å²) >= 11 is 0. The van der Waals surface area contributed by atoms with Gasteiger partial charge < -0.3 is 10.2 Å². The molecule has 1 heterocycles. The number of hydrogen-bond donors (Lipinski definition) is 2. The van der Waals surface area contributed by atoms with Crippen molar-refractivity contribution in [1.29, 1.82) is 0 Å². The highest BCUT2D eigenvalue weighted by molar-refractivity contribution is 5.97. The van der Waals surface area contributed by atoms with Crippen molar-refractivity contribution in [1.82, 2.24) is 0 Å². The number of likely N-dealkylation sites (tertiary alicyclic amines) is 1. The van der Waals surface area contributed by atoms with Crippen LogP contribution in [0.3, 0.4) is 0 Å². The minimum absolute atomic E-state index is 0.0380. The van der Waals surface area contributed by atoms with Gasteiger partial charge in [-0.2, -0.15) is 0 Å². The van der Waals surface area contributed by atoms with Gasteiger partial charge in [0.2, 0.25) is 0 Å². The average Bonchev–Trinajstić information content (AvgIpc) is 2.65. The minimum atomic E-state index is 0.0380. The van der Waals surface area contributed by atoms with E-state index >= 15 is 0 Å². The molecule has 136 valence electrons. The molecule has 0 atom stereocenters. The van der Waals surface area contributed by atoms with Crippen molar-refractivity contribution in [3.8, 4) is 0 Å². The molecule has 0 aromatic heterocycles. The maximum Gasteiger partial charge on any atom is 0.279 e. The van der Waals surface area contributed by atoms with Crippen LogP contribution < -0.4 is 10.2 Å². The van der Waals surface area contributed by atoms with Gasteiger partial charge in [0.25, 0.3) is 5.91 Å². The number of amides is 1. The Morgan fingerprint density at radius 1 is 1.00 bits per heavy atom. The summed E-state index contributed by atoms with van der Waals surface area (Å²) in [6.07, 6.45) is 1.69. The molecule has 1 fully saturated rings. The third-order valence-electron chi connectivity index (χ3n) is 5.32. The fourth-order valence-electron chi connectivity index (χ4n) is 3.55. The second-order valence-electron chi connectivity index (χ2n) is 7.28. The van der Waals surface area contributed by atoms with Crippen molar-refractivity contribution >= 4 is 17.4 Å². The van der Waals surface area contributed by atoms with Crippen molar-refractivity contribution in [2.45, 2.75) is 26.7 Å². The van der Waals surface area contributed by atoms with E-state index in [1.54, 1.807) is 0 Å². The molecule has 4 heteroatoms. The molecule has 0 bridgehead atoms. The summed E-state index contributed by atoms with van der Waals surface area (Å²) in [5.74, 6) is 0.365. The predicted molar refractivity (Wildman–Crippen MR) is 104 cm³/mol. The van der Waals surface area contributed by atoms with E-state index in [1.165, 1.54) is 16.0 Å². The number of anilines is 1. The number of piperidine rings is 1. The quantitative estimate of drug-likeness (QED) is 0.813. The maximum atomic E-state index is 12.5. The zero-order chi connectivity index (χ0) is 18.5. The Balaban J connectivity index is 1.48. The lowest BCUT2D eigenvalue weighted by Gasteiger charge is -2.28. The van der Waals surface area contributed by atoms with Gasteiger partial charge in [0, 0.05) is 30.0 Å². The number of rotatable bonds is 5. The summed E-state index contributed by atoms with van der Waals surface area (Å²) in [7, 11) is 0. The SMILES string of the molecule is Cc1ccc(NC(=O)C[NH+]2CCC(C(=O)c3ccccc3)CC2)cc1C. The molecule has 1 amide bonds. The van der Waals surface area contributed by atoms with E-state index in [0.29, 0.717) is 6.54 Å². The van der Waals surface area contributed by atoms with Crippen molar-refractivity contribution < 1.29 is 14.5 Å². The highest BCUT2D eigenvalue weighted by atomic mass is 16.2. The Morgan fingerprint density at radius 3 is 2.35 bits per heavy atom. The first-order valence-electron chi connectivity index (χ1n) is 9.33. The third-order valence-corrected chi connectivity index (χ3v) is 5.32. The van der Waals surface area contributed by atoms with Crippen LogP contribution in [0.5, 0.6) is 0 Å². The Kier molecular flexibility index (Phi) is 5.84. The van der Waals surface area contributed by atoms with E-state index in [1.807, 2.05) is 55.5 Å². The Morgan fingerprint density at radius 2 is 1.69 bits per heavy atom. The van der Waals surface area contributed by atoms with Crippen molar-refractivity contribution in [2.24, 2.45) is 5.92 Å². The molecular formula is C22H27N2O2+. The summed E-state index contributed by atoms with van der Waals surface area (Å²) in [6, 6.07) is 15.5. The molecule has 0 saturated carbocycles. The van der Waals surface area contributed by atoms with Crippen LogP contribution in [-0.4, -0.2) is 31.3 Å². The molecule has 1 saturated heterocycles. The Labute approximate surface area is 155 Å². The average molecular weight is 351 g/mol. The summed E-state index contributed by atoms with van der Waals surface area (Å²) in [5, 5.41) is 2.99. The number of benzene rings is 2. The third kappa shape index (κ3) is 4.58. The summed E-state index contributed by atoms with van der Waals surface area (Å²) in [5.41, 5.74) is 4.05. The molecule has 0 radical (unpaired) electrons. The number of carbonyl (C=O) groups excluding carboxylic acids is 2. The van der Waals surface area contributed by atoms with Crippen LogP contribution in [0, 0.1) is 19.8 Å². The number of carbonyl (C=O) groups is 2. The van der Waals surface area contributed by atoms with Crippen LogP contribution in [0.15, 0.2) is 48.5 Å². The van der Waals surface area contributed by atoms with E-state index < -0.39 is 0 Å². The van der Waals surface area contributed by atoms with Gasteiger partial charge in [-0.15, -0.1) is 0 Å². The molecule has 0 aliphatic carbocycles. The lowest BCUT2D eigenvalue weighted by molar-refractivity contribution is -0.897. The molecule has 2 aromatic rings. The van der Waals surface area contributed by atoms with Gasteiger partial charge in [-0.05, 0) is 37.1 Å². The van der Waals surface area contributed by atoms with Crippen LogP contribution in [0.1, 0.15) is 34.3 Å². The molecule has 2 N–H and O–H groups in total. The van der Waals surface area contributed by atoms with Crippen LogP contribution in [-0.2, 0) is 4.79 Å². The molecule has 0 spiro atoms. The predicted octanol–water partition coefficient (Wildman–Crippen LogP) is 2.42. The molecule has 26 heavy (non-hydrogen) atoms. The standard InChI is InChI=1S/C22H26N2O2/c1-16-8-9-20(14-17(16)2)23-21(25)15-24-12-10-19(11-13-24)22(26)18-6-4-3-5-7-18/h3-9,14,19H,10-13,15H2,1-2H3,(H,23,25)/p+1. The first kappa shape index (κ1) is 18.3. The molecular weight excluding hydrogens is 324 g/mol. The van der Waals surface area contributed by atoms with Crippen molar-refractivity contribution in [2.75, 3.05) is 25.0 Å². The number of aryl methyl sites for hydroxylation is 2. The van der Waals surface area contributed by atoms with Crippen LogP contribution in [0.4, 0.5) is 5.69 Å². The second-order valence-corrected chi connectivity index (χ2v) is 7.28. The number of Topliss-reactive ketones (excluding diaryl/α,β-unsaturated/α-hetero) is 1. The molecule has 4 nitrogen and oxygen atoms in total. The van der Waals surface area contributed by atoms with Gasteiger partial charge in [0.15, 0.2) is 12.3 Å². The van der Waals surface area contributed by atoms with Crippen LogP contribution >= 0.6 is 0 Å². The first-order chi connectivity index (χ1) is 12.5. The summed E-state index contributed by atoms with van der Waals surface area (Å²) in [6.45, 7) is 6.29. The zero-order valence-corrected chi connectivity index (χ0v) is 15.5. The van der Waals surface area contributed by atoms with Gasteiger partial charge >= 0.3 is 0 Å². The number of ketones is 1. The molecule has 2 aromatic carbocycles. The summed E-state index contributed by atoms with van der Waals surface area (Å²) < 4.78 is 0. The van der Waals surface area contributed by atoms with E-state index in [-0.39, 0.29) is 17.6 Å². The fraction of sp³-hybridized carbons (Fsp3) is 0.364. The molecule has 1 aliphatic heterocycles. The highest BCUT2D eigenvalue weighted by Crippen LogP contribution is 2.17. The monoisotopic (exact) mass is 351 g/mol. The molecule has 3 rings (SSSR count). The smallest absolute Gasteiger partial charge is 0.279 e. The van der Waals surface area contributed by atoms with E-state index in [0.717, 1.165) is 37.2 Å². The Bertz CT molecular complexity index is 778. The van der Waals surface area contributed by atoms with Gasteiger partial charge in [-0.1, -0.05) is 36.4 Å². The van der Waals surface area contributed by atoms with Gasteiger partial charge in [-0.3, -0.25) is 9.59 Å². The van der Waals surface area contributed by atoms with E-state index in [4.69, 9.17) is 0 Å². The normalized spacial score (nSPS) is 19.8. The lowest BCUT2D eigenvalue weighted by Crippen LogP contribution is -3.14. The minimum Gasteiger partial charge on any atom is -0.327 e. The lowest BCUT2D eigenvalue weighted by atomic mass is 9.89. The van der Waals surface area contributed by atoms with Gasteiger partial charge in [0.1, 0.15) is 0 Å². The molecule has 0 unspecified atom stereocenters.